The van der Waals surface area contributed by atoms with E-state index in [1.165, 1.54) is 25.7 Å². The summed E-state index contributed by atoms with van der Waals surface area (Å²) in [5, 5.41) is 13.9. The number of aliphatic hydroxyl groups is 1. The van der Waals surface area contributed by atoms with Crippen LogP contribution in [-0.2, 0) is 0 Å². The quantitative estimate of drug-likeness (QED) is 0.773. The normalized spacial score (nSPS) is 19.8. The highest BCUT2D eigenvalue weighted by molar-refractivity contribution is 5.38. The van der Waals surface area contributed by atoms with Gasteiger partial charge in [0.1, 0.15) is 5.75 Å². The zero-order valence-electron chi connectivity index (χ0n) is 13.1. The first-order chi connectivity index (χ1) is 10.2. The lowest BCUT2D eigenvalue weighted by Crippen LogP contribution is -2.29. The van der Waals surface area contributed by atoms with Crippen LogP contribution in [0.15, 0.2) is 18.2 Å². The van der Waals surface area contributed by atoms with E-state index < -0.39 is 6.10 Å². The molecule has 1 aromatic carbocycles. The van der Waals surface area contributed by atoms with Crippen molar-refractivity contribution < 1.29 is 9.84 Å². The number of hydrogen-bond donors (Lipinski definition) is 2. The van der Waals surface area contributed by atoms with Crippen molar-refractivity contribution in [3.05, 3.63) is 29.3 Å². The van der Waals surface area contributed by atoms with Gasteiger partial charge in [-0.1, -0.05) is 11.6 Å². The lowest BCUT2D eigenvalue weighted by Gasteiger charge is -2.20. The van der Waals surface area contributed by atoms with Crippen LogP contribution in [0.4, 0.5) is 0 Å². The monoisotopic (exact) mass is 289 g/mol. The van der Waals surface area contributed by atoms with E-state index in [9.17, 15) is 5.11 Å². The molecule has 1 atom stereocenters. The van der Waals surface area contributed by atoms with Crippen molar-refractivity contribution in [2.45, 2.75) is 38.7 Å². The number of ether oxygens (including phenoxy) is 1. The Morgan fingerprint density at radius 3 is 2.43 bits per heavy atom. The van der Waals surface area contributed by atoms with Gasteiger partial charge in [0.15, 0.2) is 0 Å². The molecule has 0 bridgehead atoms. The molecule has 3 rings (SSSR count). The highest BCUT2D eigenvalue weighted by atomic mass is 16.5. The van der Waals surface area contributed by atoms with Gasteiger partial charge in [-0.3, -0.25) is 0 Å². The molecule has 3 heteroatoms. The summed E-state index contributed by atoms with van der Waals surface area (Å²) in [5.74, 6) is 3.53. The molecule has 1 aromatic rings. The third kappa shape index (κ3) is 3.78. The molecule has 116 valence electrons. The second kappa shape index (κ2) is 6.37. The summed E-state index contributed by atoms with van der Waals surface area (Å²) in [6.07, 6.45) is 5.15. The van der Waals surface area contributed by atoms with E-state index in [0.29, 0.717) is 6.54 Å². The summed E-state index contributed by atoms with van der Waals surface area (Å²) in [4.78, 5) is 0. The molecule has 1 unspecified atom stereocenters. The molecule has 0 spiro atoms. The van der Waals surface area contributed by atoms with E-state index in [1.54, 1.807) is 7.11 Å². The van der Waals surface area contributed by atoms with Crippen molar-refractivity contribution in [2.24, 2.45) is 17.8 Å². The first kappa shape index (κ1) is 14.9. The van der Waals surface area contributed by atoms with Crippen LogP contribution in [0.3, 0.4) is 0 Å². The maximum absolute atomic E-state index is 10.4. The molecule has 0 saturated heterocycles. The van der Waals surface area contributed by atoms with Gasteiger partial charge in [0, 0.05) is 12.1 Å². The van der Waals surface area contributed by atoms with Crippen LogP contribution in [0.1, 0.15) is 42.9 Å². The topological polar surface area (TPSA) is 41.5 Å². The fourth-order valence-electron chi connectivity index (χ4n) is 3.38. The molecule has 0 aromatic heterocycles. The molecule has 0 aliphatic heterocycles. The van der Waals surface area contributed by atoms with E-state index in [1.807, 2.05) is 25.1 Å². The molecule has 2 aliphatic rings. The van der Waals surface area contributed by atoms with Gasteiger partial charge in [0.05, 0.1) is 13.2 Å². The van der Waals surface area contributed by atoms with Crippen molar-refractivity contribution >= 4 is 0 Å². The van der Waals surface area contributed by atoms with E-state index >= 15 is 0 Å². The average molecular weight is 289 g/mol. The van der Waals surface area contributed by atoms with Crippen LogP contribution in [0, 0.1) is 24.7 Å². The Balaban J connectivity index is 1.53. The largest absolute Gasteiger partial charge is 0.496 e. The molecule has 2 fully saturated rings. The molecule has 0 amide bonds. The van der Waals surface area contributed by atoms with E-state index in [0.717, 1.165) is 41.2 Å². The molecular formula is C18H27NO2. The lowest BCUT2D eigenvalue weighted by atomic mass is 9.97. The molecule has 2 saturated carbocycles. The maximum atomic E-state index is 10.4. The first-order valence-corrected chi connectivity index (χ1v) is 8.22. The minimum absolute atomic E-state index is 0.501. The van der Waals surface area contributed by atoms with E-state index in [4.69, 9.17) is 4.74 Å². The summed E-state index contributed by atoms with van der Waals surface area (Å²) in [7, 11) is 1.66. The molecular weight excluding hydrogens is 262 g/mol. The van der Waals surface area contributed by atoms with Crippen LogP contribution >= 0.6 is 0 Å². The SMILES string of the molecule is COc1ccc(C)cc1C(O)CNCC(C1CC1)C1CC1. The number of nitrogens with one attached hydrogen (secondary N) is 1. The summed E-state index contributed by atoms with van der Waals surface area (Å²) < 4.78 is 5.36. The molecule has 21 heavy (non-hydrogen) atoms. The lowest BCUT2D eigenvalue weighted by molar-refractivity contribution is 0.167. The minimum Gasteiger partial charge on any atom is -0.496 e. The van der Waals surface area contributed by atoms with Gasteiger partial charge < -0.3 is 15.2 Å². The third-order valence-electron chi connectivity index (χ3n) is 4.92. The average Bonchev–Trinajstić information content (AvgIpc) is 3.37. The van der Waals surface area contributed by atoms with Gasteiger partial charge in [0.25, 0.3) is 0 Å². The Bertz CT molecular complexity index is 468. The summed E-state index contributed by atoms with van der Waals surface area (Å²) in [6, 6.07) is 5.97. The smallest absolute Gasteiger partial charge is 0.124 e. The number of aryl methyl sites for hydroxylation is 1. The van der Waals surface area contributed by atoms with Gasteiger partial charge in [-0.25, -0.2) is 0 Å². The van der Waals surface area contributed by atoms with Crippen LogP contribution in [0.5, 0.6) is 5.75 Å². The molecule has 3 nitrogen and oxygen atoms in total. The van der Waals surface area contributed by atoms with Gasteiger partial charge in [-0.2, -0.15) is 0 Å². The van der Waals surface area contributed by atoms with Crippen molar-refractivity contribution in [3.63, 3.8) is 0 Å². The zero-order valence-corrected chi connectivity index (χ0v) is 13.1. The molecule has 0 radical (unpaired) electrons. The number of methoxy groups -OCH3 is 1. The Morgan fingerprint density at radius 1 is 1.19 bits per heavy atom. The number of hydrogen-bond acceptors (Lipinski definition) is 3. The van der Waals surface area contributed by atoms with E-state index in [2.05, 4.69) is 5.32 Å². The Kier molecular flexibility index (Phi) is 4.51. The van der Waals surface area contributed by atoms with Gasteiger partial charge in [-0.05, 0) is 69.0 Å². The van der Waals surface area contributed by atoms with Gasteiger partial charge in [0.2, 0.25) is 0 Å². The first-order valence-electron chi connectivity index (χ1n) is 8.22. The minimum atomic E-state index is -0.501. The van der Waals surface area contributed by atoms with Crippen molar-refractivity contribution in [2.75, 3.05) is 20.2 Å². The van der Waals surface area contributed by atoms with Crippen molar-refractivity contribution in [3.8, 4) is 5.75 Å². The Labute approximate surface area is 127 Å². The summed E-state index contributed by atoms with van der Waals surface area (Å²) in [6.45, 7) is 3.70. The fourth-order valence-corrected chi connectivity index (χ4v) is 3.38. The van der Waals surface area contributed by atoms with Crippen LogP contribution < -0.4 is 10.1 Å². The standard InChI is InChI=1S/C18H27NO2/c1-12-3-8-18(21-2)15(9-12)17(20)11-19-10-16(13-4-5-13)14-6-7-14/h3,8-9,13-14,16-17,19-20H,4-7,10-11H2,1-2H3. The van der Waals surface area contributed by atoms with Crippen molar-refractivity contribution in [1.82, 2.24) is 5.32 Å². The summed E-state index contributed by atoms with van der Waals surface area (Å²) >= 11 is 0. The zero-order chi connectivity index (χ0) is 14.8. The highest BCUT2D eigenvalue weighted by Gasteiger charge is 2.40. The second-order valence-electron chi connectivity index (χ2n) is 6.76. The summed E-state index contributed by atoms with van der Waals surface area (Å²) in [5.41, 5.74) is 2.04. The maximum Gasteiger partial charge on any atom is 0.124 e. The number of rotatable bonds is 8. The highest BCUT2D eigenvalue weighted by Crippen LogP contribution is 2.48. The molecule has 0 heterocycles. The predicted molar refractivity (Wildman–Crippen MR) is 84.5 cm³/mol. The van der Waals surface area contributed by atoms with Gasteiger partial charge in [-0.15, -0.1) is 0 Å². The Hall–Kier alpha value is -1.06. The number of aliphatic hydroxyl groups excluding tert-OH is 1. The van der Waals surface area contributed by atoms with Crippen LogP contribution in [-0.4, -0.2) is 25.3 Å². The van der Waals surface area contributed by atoms with E-state index in [-0.39, 0.29) is 0 Å². The third-order valence-corrected chi connectivity index (χ3v) is 4.92. The Morgan fingerprint density at radius 2 is 1.86 bits per heavy atom. The predicted octanol–water partition coefficient (Wildman–Crippen LogP) is 3.06. The second-order valence-corrected chi connectivity index (χ2v) is 6.76. The van der Waals surface area contributed by atoms with Crippen molar-refractivity contribution in [1.29, 1.82) is 0 Å². The fraction of sp³-hybridized carbons (Fsp3) is 0.667. The van der Waals surface area contributed by atoms with Crippen LogP contribution in [0.25, 0.3) is 0 Å². The van der Waals surface area contributed by atoms with Gasteiger partial charge >= 0.3 is 0 Å². The molecule has 2 aliphatic carbocycles. The molecule has 2 N–H and O–H groups in total. The van der Waals surface area contributed by atoms with Crippen LogP contribution in [0.2, 0.25) is 0 Å². The number of benzene rings is 1.